The van der Waals surface area contributed by atoms with Gasteiger partial charge >= 0.3 is 0 Å². The molecule has 29 heavy (non-hydrogen) atoms. The first kappa shape index (κ1) is 20.0. The largest absolute Gasteiger partial charge is 0.354 e. The minimum Gasteiger partial charge on any atom is -0.354 e. The molecule has 0 aromatic carbocycles. The van der Waals surface area contributed by atoms with Crippen LogP contribution in [0, 0.1) is 13.8 Å². The van der Waals surface area contributed by atoms with Gasteiger partial charge in [0.1, 0.15) is 21.4 Å². The van der Waals surface area contributed by atoms with Crippen molar-refractivity contribution in [3.05, 3.63) is 44.9 Å². The summed E-state index contributed by atoms with van der Waals surface area (Å²) in [6.07, 6.45) is 1.28. The van der Waals surface area contributed by atoms with Gasteiger partial charge < -0.3 is 9.88 Å². The number of pyridine rings is 1. The topological polar surface area (TPSA) is 125 Å². The number of primary sulfonamides is 1. The summed E-state index contributed by atoms with van der Waals surface area (Å²) in [6, 6.07) is 3.14. The molecule has 3 N–H and O–H groups in total. The maximum absolute atomic E-state index is 12.4. The Kier molecular flexibility index (Phi) is 5.15. The number of nitrogens with two attached hydrogens (primary N) is 1. The van der Waals surface area contributed by atoms with Gasteiger partial charge in [-0.05, 0) is 31.5 Å². The highest BCUT2D eigenvalue weighted by atomic mass is 32.2. The average Bonchev–Trinajstić information content (AvgIpc) is 2.96. The highest BCUT2D eigenvalue weighted by Gasteiger charge is 2.20. The summed E-state index contributed by atoms with van der Waals surface area (Å²) in [5.74, 6) is 1.39. The molecule has 0 atom stereocenters. The number of fused-ring (bicyclic) bond motifs is 1. The fourth-order valence-electron chi connectivity index (χ4n) is 3.45. The molecular formula is C18H22N6O3S2. The van der Waals surface area contributed by atoms with E-state index in [1.54, 1.807) is 17.4 Å². The molecule has 3 aromatic heterocycles. The maximum atomic E-state index is 12.4. The summed E-state index contributed by atoms with van der Waals surface area (Å²) in [7, 11) is -3.74. The van der Waals surface area contributed by atoms with E-state index in [0.29, 0.717) is 17.8 Å². The number of thiophene rings is 1. The lowest BCUT2D eigenvalue weighted by molar-refractivity contribution is 0.243. The summed E-state index contributed by atoms with van der Waals surface area (Å²) >= 11 is 1.55. The van der Waals surface area contributed by atoms with E-state index in [1.807, 2.05) is 13.8 Å². The first-order chi connectivity index (χ1) is 13.7. The van der Waals surface area contributed by atoms with Gasteiger partial charge in [-0.15, -0.1) is 11.3 Å². The van der Waals surface area contributed by atoms with Crippen LogP contribution in [0.15, 0.2) is 28.0 Å². The summed E-state index contributed by atoms with van der Waals surface area (Å²) in [5, 5.41) is 5.80. The molecule has 3 aromatic rings. The summed E-state index contributed by atoms with van der Waals surface area (Å²) in [5.41, 5.74) is 0.921. The zero-order valence-electron chi connectivity index (χ0n) is 16.2. The SMILES string of the molecule is Cc1sc2nc(CN3CCN(c4ccc(S(N)(=O)=O)cn4)CC3)[nH]c(=O)c2c1C. The average molecular weight is 435 g/mol. The molecule has 0 radical (unpaired) electrons. The van der Waals surface area contributed by atoms with Crippen LogP contribution in [0.5, 0.6) is 0 Å². The van der Waals surface area contributed by atoms with Crippen LogP contribution in [0.2, 0.25) is 0 Å². The van der Waals surface area contributed by atoms with Crippen molar-refractivity contribution < 1.29 is 8.42 Å². The van der Waals surface area contributed by atoms with Crippen LogP contribution < -0.4 is 15.6 Å². The number of sulfonamides is 1. The van der Waals surface area contributed by atoms with Crippen LogP contribution in [-0.2, 0) is 16.6 Å². The first-order valence-corrected chi connectivity index (χ1v) is 11.5. The van der Waals surface area contributed by atoms with Gasteiger partial charge in [0.15, 0.2) is 0 Å². The summed E-state index contributed by atoms with van der Waals surface area (Å²) < 4.78 is 22.7. The highest BCUT2D eigenvalue weighted by molar-refractivity contribution is 7.89. The maximum Gasteiger partial charge on any atom is 0.259 e. The molecule has 0 saturated carbocycles. The number of H-pyrrole nitrogens is 1. The molecule has 4 rings (SSSR count). The predicted octanol–water partition coefficient (Wildman–Crippen LogP) is 0.966. The first-order valence-electron chi connectivity index (χ1n) is 9.17. The van der Waals surface area contributed by atoms with Crippen molar-refractivity contribution in [2.45, 2.75) is 25.3 Å². The molecule has 1 aliphatic heterocycles. The van der Waals surface area contributed by atoms with Crippen LogP contribution in [-0.4, -0.2) is 54.4 Å². The number of nitrogens with one attached hydrogen (secondary N) is 1. The molecule has 11 heteroatoms. The third-order valence-electron chi connectivity index (χ3n) is 5.21. The van der Waals surface area contributed by atoms with Crippen LogP contribution in [0.1, 0.15) is 16.3 Å². The van der Waals surface area contributed by atoms with Gasteiger partial charge in [-0.2, -0.15) is 0 Å². The Morgan fingerprint density at radius 3 is 2.55 bits per heavy atom. The molecule has 1 fully saturated rings. The third-order valence-corrected chi connectivity index (χ3v) is 7.21. The molecule has 154 valence electrons. The Bertz CT molecular complexity index is 1210. The van der Waals surface area contributed by atoms with Crippen LogP contribution in [0.4, 0.5) is 5.82 Å². The van der Waals surface area contributed by atoms with Gasteiger partial charge in [-0.3, -0.25) is 9.69 Å². The number of aromatic nitrogens is 3. The molecule has 0 amide bonds. The minimum absolute atomic E-state index is 0.00403. The van der Waals surface area contributed by atoms with E-state index >= 15 is 0 Å². The van der Waals surface area contributed by atoms with Gasteiger partial charge in [0.2, 0.25) is 10.0 Å². The minimum atomic E-state index is -3.74. The quantitative estimate of drug-likeness (QED) is 0.627. The molecule has 0 unspecified atom stereocenters. The lowest BCUT2D eigenvalue weighted by Gasteiger charge is -2.35. The van der Waals surface area contributed by atoms with Crippen molar-refractivity contribution in [2.75, 3.05) is 31.1 Å². The van der Waals surface area contributed by atoms with E-state index < -0.39 is 10.0 Å². The van der Waals surface area contributed by atoms with Gasteiger partial charge in [-0.25, -0.2) is 23.5 Å². The predicted molar refractivity (Wildman–Crippen MR) is 113 cm³/mol. The Morgan fingerprint density at radius 2 is 1.93 bits per heavy atom. The Labute approximate surface area is 172 Å². The number of aromatic amines is 1. The van der Waals surface area contributed by atoms with E-state index in [9.17, 15) is 13.2 Å². The normalized spacial score (nSPS) is 15.9. The van der Waals surface area contributed by atoms with E-state index in [4.69, 9.17) is 5.14 Å². The van der Waals surface area contributed by atoms with Crippen molar-refractivity contribution in [3.63, 3.8) is 0 Å². The standard InChI is InChI=1S/C18H22N6O3S2/c1-11-12(2)28-18-16(11)17(25)21-14(22-18)10-23-5-7-24(8-6-23)15-4-3-13(9-20-15)29(19,26)27/h3-4,9H,5-8,10H2,1-2H3,(H2,19,26,27)(H,21,22,25). The molecule has 1 aliphatic rings. The Balaban J connectivity index is 1.42. The monoisotopic (exact) mass is 434 g/mol. The molecule has 0 spiro atoms. The molecule has 0 aliphatic carbocycles. The summed E-state index contributed by atoms with van der Waals surface area (Å²) in [6.45, 7) is 7.58. The number of piperazine rings is 1. The number of anilines is 1. The van der Waals surface area contributed by atoms with Crippen LogP contribution in [0.3, 0.4) is 0 Å². The lowest BCUT2D eigenvalue weighted by atomic mass is 10.2. The smallest absolute Gasteiger partial charge is 0.259 e. The second-order valence-electron chi connectivity index (χ2n) is 7.14. The van der Waals surface area contributed by atoms with E-state index in [2.05, 4.69) is 24.8 Å². The van der Waals surface area contributed by atoms with Crippen molar-refractivity contribution in [3.8, 4) is 0 Å². The Morgan fingerprint density at radius 1 is 1.21 bits per heavy atom. The van der Waals surface area contributed by atoms with E-state index in [-0.39, 0.29) is 10.5 Å². The Hall–Kier alpha value is -2.34. The highest BCUT2D eigenvalue weighted by Crippen LogP contribution is 2.26. The van der Waals surface area contributed by atoms with Crippen molar-refractivity contribution in [2.24, 2.45) is 5.14 Å². The fourth-order valence-corrected chi connectivity index (χ4v) is 4.96. The van der Waals surface area contributed by atoms with Crippen LogP contribution >= 0.6 is 11.3 Å². The fraction of sp³-hybridized carbons (Fsp3) is 0.389. The van der Waals surface area contributed by atoms with Crippen LogP contribution in [0.25, 0.3) is 10.2 Å². The van der Waals surface area contributed by atoms with Crippen molar-refractivity contribution in [1.82, 2.24) is 19.9 Å². The molecule has 1 saturated heterocycles. The van der Waals surface area contributed by atoms with E-state index in [1.165, 1.54) is 12.3 Å². The number of nitrogens with zero attached hydrogens (tertiary/aromatic N) is 4. The van der Waals surface area contributed by atoms with Gasteiger partial charge in [-0.1, -0.05) is 0 Å². The van der Waals surface area contributed by atoms with Gasteiger partial charge in [0.25, 0.3) is 5.56 Å². The molecule has 9 nitrogen and oxygen atoms in total. The van der Waals surface area contributed by atoms with E-state index in [0.717, 1.165) is 47.3 Å². The zero-order chi connectivity index (χ0) is 20.8. The second-order valence-corrected chi connectivity index (χ2v) is 9.90. The number of hydrogen-bond donors (Lipinski definition) is 2. The molecule has 4 heterocycles. The lowest BCUT2D eigenvalue weighted by Crippen LogP contribution is -2.46. The van der Waals surface area contributed by atoms with Gasteiger partial charge in [0.05, 0.1) is 11.9 Å². The van der Waals surface area contributed by atoms with Gasteiger partial charge in [0, 0.05) is 37.3 Å². The number of hydrogen-bond acceptors (Lipinski definition) is 8. The van der Waals surface area contributed by atoms with Crippen molar-refractivity contribution >= 4 is 37.4 Å². The second kappa shape index (κ2) is 7.48. The zero-order valence-corrected chi connectivity index (χ0v) is 17.8. The number of rotatable bonds is 4. The third kappa shape index (κ3) is 4.04. The summed E-state index contributed by atoms with van der Waals surface area (Å²) in [4.78, 5) is 30.5. The molecular weight excluding hydrogens is 412 g/mol. The number of aryl methyl sites for hydroxylation is 2. The molecule has 0 bridgehead atoms. The van der Waals surface area contributed by atoms with Crippen molar-refractivity contribution in [1.29, 1.82) is 0 Å².